The predicted octanol–water partition coefficient (Wildman–Crippen LogP) is 1.68. The second-order valence-electron chi connectivity index (χ2n) is 6.07. The highest BCUT2D eigenvalue weighted by atomic mass is 16.7. The average Bonchev–Trinajstić information content (AvgIpc) is 3.18. The third-order valence-electron chi connectivity index (χ3n) is 4.27. The molecule has 142 valence electrons. The van der Waals surface area contributed by atoms with Crippen LogP contribution in [0.3, 0.4) is 0 Å². The lowest BCUT2D eigenvalue weighted by molar-refractivity contribution is 0.0963. The van der Waals surface area contributed by atoms with Crippen molar-refractivity contribution in [3.63, 3.8) is 0 Å². The lowest BCUT2D eigenvalue weighted by Gasteiger charge is -2.12. The van der Waals surface area contributed by atoms with Gasteiger partial charge in [0.05, 0.1) is 0 Å². The summed E-state index contributed by atoms with van der Waals surface area (Å²) in [5.41, 5.74) is 2.89. The minimum absolute atomic E-state index is 0.0875. The van der Waals surface area contributed by atoms with Gasteiger partial charge < -0.3 is 25.4 Å². The van der Waals surface area contributed by atoms with Crippen LogP contribution in [-0.2, 0) is 13.0 Å². The second kappa shape index (κ2) is 8.93. The molecule has 0 saturated carbocycles. The molecule has 2 aromatic rings. The molecule has 27 heavy (non-hydrogen) atoms. The smallest absolute Gasteiger partial charge is 0.251 e. The van der Waals surface area contributed by atoms with Crippen molar-refractivity contribution in [3.05, 3.63) is 59.2 Å². The molecule has 0 aliphatic carbocycles. The van der Waals surface area contributed by atoms with Crippen LogP contribution in [0.25, 0.3) is 0 Å². The Morgan fingerprint density at radius 3 is 2.52 bits per heavy atom. The van der Waals surface area contributed by atoms with Gasteiger partial charge in [0.25, 0.3) is 5.91 Å². The zero-order valence-corrected chi connectivity index (χ0v) is 15.5. The van der Waals surface area contributed by atoms with Crippen molar-refractivity contribution < 1.29 is 14.3 Å². The van der Waals surface area contributed by atoms with E-state index in [1.165, 1.54) is 5.56 Å². The van der Waals surface area contributed by atoms with Crippen LogP contribution in [0.1, 0.15) is 21.5 Å². The van der Waals surface area contributed by atoms with E-state index in [0.717, 1.165) is 36.0 Å². The van der Waals surface area contributed by atoms with Crippen LogP contribution >= 0.6 is 0 Å². The molecule has 1 aliphatic rings. The number of amides is 1. The molecule has 1 heterocycles. The molecule has 3 N–H and O–H groups in total. The fourth-order valence-electron chi connectivity index (χ4n) is 2.75. The Balaban J connectivity index is 1.45. The van der Waals surface area contributed by atoms with Gasteiger partial charge in [-0.25, -0.2) is 0 Å². The van der Waals surface area contributed by atoms with Crippen LogP contribution in [0.4, 0.5) is 0 Å². The van der Waals surface area contributed by atoms with Gasteiger partial charge in [-0.2, -0.15) is 0 Å². The fraction of sp³-hybridized carbons (Fsp3) is 0.300. The van der Waals surface area contributed by atoms with Crippen molar-refractivity contribution in [3.8, 4) is 11.5 Å². The summed E-state index contributed by atoms with van der Waals surface area (Å²) in [6.07, 6.45) is 0.845. The average molecular weight is 368 g/mol. The van der Waals surface area contributed by atoms with E-state index in [0.29, 0.717) is 12.1 Å². The van der Waals surface area contributed by atoms with Crippen LogP contribution < -0.4 is 25.4 Å². The summed E-state index contributed by atoms with van der Waals surface area (Å²) < 4.78 is 10.7. The van der Waals surface area contributed by atoms with Crippen LogP contribution in [0.2, 0.25) is 0 Å². The number of guanidine groups is 1. The number of hydrogen-bond donors (Lipinski definition) is 3. The number of nitrogens with one attached hydrogen (secondary N) is 3. The Hall–Kier alpha value is -3.22. The summed E-state index contributed by atoms with van der Waals surface area (Å²) in [5, 5.41) is 9.18. The van der Waals surface area contributed by atoms with Crippen LogP contribution in [0.5, 0.6) is 11.5 Å². The number of hydrogen-bond acceptors (Lipinski definition) is 4. The zero-order valence-electron chi connectivity index (χ0n) is 15.5. The van der Waals surface area contributed by atoms with Gasteiger partial charge in [0.1, 0.15) is 0 Å². The van der Waals surface area contributed by atoms with Crippen LogP contribution in [-0.4, -0.2) is 39.3 Å². The third kappa shape index (κ3) is 4.91. The highest BCUT2D eigenvalue weighted by molar-refractivity contribution is 5.93. The lowest BCUT2D eigenvalue weighted by atomic mass is 10.1. The molecule has 2 aromatic carbocycles. The maximum atomic E-state index is 11.6. The van der Waals surface area contributed by atoms with E-state index in [1.54, 1.807) is 14.1 Å². The van der Waals surface area contributed by atoms with Gasteiger partial charge in [-0.1, -0.05) is 18.2 Å². The van der Waals surface area contributed by atoms with E-state index in [4.69, 9.17) is 9.47 Å². The topological polar surface area (TPSA) is 84.0 Å². The molecular formula is C20H24N4O3. The molecule has 0 bridgehead atoms. The number of ether oxygens (including phenoxy) is 2. The summed E-state index contributed by atoms with van der Waals surface area (Å²) >= 11 is 0. The summed E-state index contributed by atoms with van der Waals surface area (Å²) in [4.78, 5) is 15.8. The molecule has 0 aromatic heterocycles. The van der Waals surface area contributed by atoms with Gasteiger partial charge in [0.2, 0.25) is 6.79 Å². The van der Waals surface area contributed by atoms with Gasteiger partial charge in [-0.3, -0.25) is 9.79 Å². The minimum Gasteiger partial charge on any atom is -0.454 e. The molecule has 0 saturated heterocycles. The Morgan fingerprint density at radius 1 is 1.04 bits per heavy atom. The van der Waals surface area contributed by atoms with E-state index >= 15 is 0 Å². The minimum atomic E-state index is -0.0875. The lowest BCUT2D eigenvalue weighted by Crippen LogP contribution is -2.37. The molecule has 0 radical (unpaired) electrons. The first-order valence-corrected chi connectivity index (χ1v) is 8.83. The van der Waals surface area contributed by atoms with E-state index < -0.39 is 0 Å². The van der Waals surface area contributed by atoms with Crippen molar-refractivity contribution in [2.24, 2.45) is 4.99 Å². The SMILES string of the molecule is CN=C(NCCc1ccc2c(c1)OCO2)NCc1ccc(C(=O)NC)cc1. The van der Waals surface area contributed by atoms with Crippen molar-refractivity contribution in [2.75, 3.05) is 27.4 Å². The Bertz CT molecular complexity index is 818. The number of benzene rings is 2. The number of nitrogens with zero attached hydrogens (tertiary/aromatic N) is 1. The van der Waals surface area contributed by atoms with E-state index in [-0.39, 0.29) is 12.7 Å². The molecule has 7 heteroatoms. The van der Waals surface area contributed by atoms with Crippen molar-refractivity contribution in [1.29, 1.82) is 0 Å². The molecule has 1 aliphatic heterocycles. The number of rotatable bonds is 6. The Labute approximate surface area is 158 Å². The highest BCUT2D eigenvalue weighted by Gasteiger charge is 2.13. The predicted molar refractivity (Wildman–Crippen MR) is 104 cm³/mol. The maximum absolute atomic E-state index is 11.6. The van der Waals surface area contributed by atoms with Gasteiger partial charge in [0, 0.05) is 32.7 Å². The molecule has 0 unspecified atom stereocenters. The van der Waals surface area contributed by atoms with E-state index in [2.05, 4.69) is 20.9 Å². The molecule has 7 nitrogen and oxygen atoms in total. The van der Waals surface area contributed by atoms with E-state index in [1.807, 2.05) is 42.5 Å². The van der Waals surface area contributed by atoms with Gasteiger partial charge >= 0.3 is 0 Å². The maximum Gasteiger partial charge on any atom is 0.251 e. The standard InChI is InChI=1S/C20H24N4O3/c1-21-19(25)16-6-3-15(4-7-16)12-24-20(22-2)23-10-9-14-5-8-17-18(11-14)27-13-26-17/h3-8,11H,9-10,12-13H2,1-2H3,(H,21,25)(H2,22,23,24). The molecule has 0 spiro atoms. The number of carbonyl (C=O) groups is 1. The largest absolute Gasteiger partial charge is 0.454 e. The molecule has 0 atom stereocenters. The Kier molecular flexibility index (Phi) is 6.14. The normalized spacial score (nSPS) is 12.6. The molecule has 3 rings (SSSR count). The number of aliphatic imine (C=N–C) groups is 1. The van der Waals surface area contributed by atoms with Gasteiger partial charge in [0.15, 0.2) is 17.5 Å². The van der Waals surface area contributed by atoms with Crippen molar-refractivity contribution >= 4 is 11.9 Å². The highest BCUT2D eigenvalue weighted by Crippen LogP contribution is 2.32. The summed E-state index contributed by atoms with van der Waals surface area (Å²) in [6, 6.07) is 13.5. The van der Waals surface area contributed by atoms with Gasteiger partial charge in [-0.05, 0) is 41.8 Å². The number of carbonyl (C=O) groups excluding carboxylic acids is 1. The third-order valence-corrected chi connectivity index (χ3v) is 4.27. The molecule has 0 fully saturated rings. The summed E-state index contributed by atoms with van der Waals surface area (Å²) in [6.45, 7) is 1.66. The van der Waals surface area contributed by atoms with Gasteiger partial charge in [-0.15, -0.1) is 0 Å². The zero-order chi connectivity index (χ0) is 19.1. The van der Waals surface area contributed by atoms with E-state index in [9.17, 15) is 4.79 Å². The summed E-state index contributed by atoms with van der Waals surface area (Å²) in [7, 11) is 3.36. The first-order valence-electron chi connectivity index (χ1n) is 8.83. The van der Waals surface area contributed by atoms with Crippen LogP contribution in [0, 0.1) is 0 Å². The monoisotopic (exact) mass is 368 g/mol. The van der Waals surface area contributed by atoms with Crippen molar-refractivity contribution in [1.82, 2.24) is 16.0 Å². The van der Waals surface area contributed by atoms with Crippen molar-refractivity contribution in [2.45, 2.75) is 13.0 Å². The first kappa shape index (κ1) is 18.6. The molecular weight excluding hydrogens is 344 g/mol. The first-order chi connectivity index (χ1) is 13.2. The summed E-state index contributed by atoms with van der Waals surface area (Å²) in [5.74, 6) is 2.24. The van der Waals surface area contributed by atoms with Crippen LogP contribution in [0.15, 0.2) is 47.5 Å². The quantitative estimate of drug-likeness (QED) is 0.534. The Morgan fingerprint density at radius 2 is 1.78 bits per heavy atom. The molecule has 1 amide bonds. The number of fused-ring (bicyclic) bond motifs is 1. The second-order valence-corrected chi connectivity index (χ2v) is 6.07. The fourth-order valence-corrected chi connectivity index (χ4v) is 2.75.